The lowest BCUT2D eigenvalue weighted by atomic mass is 9.86. The summed E-state index contributed by atoms with van der Waals surface area (Å²) < 4.78 is 19.2. The molecule has 2 saturated heterocycles. The lowest BCUT2D eigenvalue weighted by Crippen LogP contribution is -2.50. The Balaban J connectivity index is 1.50. The van der Waals surface area contributed by atoms with E-state index in [1.165, 1.54) is 18.2 Å². The van der Waals surface area contributed by atoms with Crippen LogP contribution in [0.3, 0.4) is 0 Å². The van der Waals surface area contributed by atoms with Crippen LogP contribution in [0.1, 0.15) is 30.7 Å². The number of likely N-dealkylation sites (N-methyl/N-ethyl adjacent to an activating group) is 1. The number of piperidine rings is 1. The van der Waals surface area contributed by atoms with Gasteiger partial charge >= 0.3 is 6.09 Å². The smallest absolute Gasteiger partial charge is 0.410 e. The van der Waals surface area contributed by atoms with Crippen molar-refractivity contribution in [2.24, 2.45) is 0 Å². The molecule has 3 amide bonds. The van der Waals surface area contributed by atoms with Gasteiger partial charge in [0.15, 0.2) is 0 Å². The molecule has 8 heteroatoms. The number of likely N-dealkylation sites (tertiary alicyclic amines) is 1. The van der Waals surface area contributed by atoms with Gasteiger partial charge in [-0.15, -0.1) is 0 Å². The molecule has 4 rings (SSSR count). The molecule has 1 unspecified atom stereocenters. The van der Waals surface area contributed by atoms with Gasteiger partial charge in [-0.25, -0.2) is 9.18 Å². The Morgan fingerprint density at radius 2 is 2.04 bits per heavy atom. The van der Waals surface area contributed by atoms with E-state index in [4.69, 9.17) is 4.74 Å². The Morgan fingerprint density at radius 3 is 2.69 bits per heavy atom. The highest BCUT2D eigenvalue weighted by Crippen LogP contribution is 2.37. The number of benzene rings is 1. The van der Waals surface area contributed by atoms with E-state index in [0.29, 0.717) is 43.7 Å². The van der Waals surface area contributed by atoms with E-state index >= 15 is 0 Å². The Kier molecular flexibility index (Phi) is 3.86. The van der Waals surface area contributed by atoms with Crippen molar-refractivity contribution in [1.82, 2.24) is 9.80 Å². The van der Waals surface area contributed by atoms with Gasteiger partial charge in [0, 0.05) is 45.1 Å². The lowest BCUT2D eigenvalue weighted by Gasteiger charge is -2.39. The van der Waals surface area contributed by atoms with E-state index in [1.54, 1.807) is 16.8 Å². The summed E-state index contributed by atoms with van der Waals surface area (Å²) in [4.78, 5) is 39.8. The summed E-state index contributed by atoms with van der Waals surface area (Å²) >= 11 is 0. The Bertz CT molecular complexity index is 789. The molecule has 1 aromatic rings. The molecular formula is C18H20FN3O4. The number of nitrogens with zero attached hydrogens (tertiary/aromatic N) is 2. The fourth-order valence-corrected chi connectivity index (χ4v) is 4.06. The molecule has 1 aromatic carbocycles. The fourth-order valence-electron chi connectivity index (χ4n) is 4.06. The van der Waals surface area contributed by atoms with Crippen LogP contribution < -0.4 is 5.32 Å². The number of rotatable bonds is 1. The van der Waals surface area contributed by atoms with Crippen LogP contribution in [0.5, 0.6) is 0 Å². The van der Waals surface area contributed by atoms with Gasteiger partial charge in [-0.05, 0) is 23.8 Å². The summed E-state index contributed by atoms with van der Waals surface area (Å²) in [5, 5.41) is 2.68. The zero-order chi connectivity index (χ0) is 18.5. The Labute approximate surface area is 150 Å². The van der Waals surface area contributed by atoms with Gasteiger partial charge in [0.1, 0.15) is 11.4 Å². The topological polar surface area (TPSA) is 79.0 Å². The van der Waals surface area contributed by atoms with Crippen LogP contribution in [0.15, 0.2) is 18.2 Å². The van der Waals surface area contributed by atoms with Crippen LogP contribution in [0.2, 0.25) is 0 Å². The minimum atomic E-state index is -0.683. The monoisotopic (exact) mass is 361 g/mol. The highest BCUT2D eigenvalue weighted by Gasteiger charge is 2.47. The van der Waals surface area contributed by atoms with Crippen LogP contribution in [0.25, 0.3) is 0 Å². The molecule has 26 heavy (non-hydrogen) atoms. The average molecular weight is 361 g/mol. The summed E-state index contributed by atoms with van der Waals surface area (Å²) in [7, 11) is 1.70. The van der Waals surface area contributed by atoms with Gasteiger partial charge in [-0.1, -0.05) is 0 Å². The Morgan fingerprint density at radius 1 is 1.31 bits per heavy atom. The summed E-state index contributed by atoms with van der Waals surface area (Å²) in [6, 6.07) is 4.07. The number of fused-ring (bicyclic) bond motifs is 1. The van der Waals surface area contributed by atoms with Crippen LogP contribution in [-0.2, 0) is 14.3 Å². The van der Waals surface area contributed by atoms with Crippen molar-refractivity contribution in [3.05, 3.63) is 29.6 Å². The minimum Gasteiger partial charge on any atom is -0.441 e. The second kappa shape index (κ2) is 5.96. The molecule has 138 valence electrons. The number of hydrogen-bond donors (Lipinski definition) is 1. The number of anilines is 1. The first-order chi connectivity index (χ1) is 12.4. The van der Waals surface area contributed by atoms with Crippen LogP contribution in [-0.4, -0.2) is 60.0 Å². The maximum atomic E-state index is 13.7. The van der Waals surface area contributed by atoms with Gasteiger partial charge < -0.3 is 19.9 Å². The van der Waals surface area contributed by atoms with E-state index in [1.807, 2.05) is 0 Å². The molecule has 3 heterocycles. The third-order valence-electron chi connectivity index (χ3n) is 5.48. The van der Waals surface area contributed by atoms with Crippen molar-refractivity contribution in [1.29, 1.82) is 0 Å². The highest BCUT2D eigenvalue weighted by molar-refractivity contribution is 6.01. The van der Waals surface area contributed by atoms with Crippen LogP contribution in [0.4, 0.5) is 14.9 Å². The third-order valence-corrected chi connectivity index (χ3v) is 5.48. The van der Waals surface area contributed by atoms with Crippen molar-refractivity contribution in [3.63, 3.8) is 0 Å². The van der Waals surface area contributed by atoms with Crippen molar-refractivity contribution >= 4 is 23.6 Å². The molecule has 0 aliphatic carbocycles. The zero-order valence-electron chi connectivity index (χ0n) is 14.5. The van der Waals surface area contributed by atoms with Crippen molar-refractivity contribution in [2.75, 3.05) is 32.0 Å². The molecule has 0 aromatic heterocycles. The third kappa shape index (κ3) is 2.79. The predicted octanol–water partition coefficient (Wildman–Crippen LogP) is 1.69. The molecule has 1 atom stereocenters. The van der Waals surface area contributed by atoms with Crippen molar-refractivity contribution in [3.8, 4) is 0 Å². The van der Waals surface area contributed by atoms with E-state index < -0.39 is 17.3 Å². The summed E-state index contributed by atoms with van der Waals surface area (Å²) in [5.41, 5.74) is 0.471. The van der Waals surface area contributed by atoms with Gasteiger partial charge in [-0.2, -0.15) is 0 Å². The summed E-state index contributed by atoms with van der Waals surface area (Å²) in [6.07, 6.45) is 0.792. The quantitative estimate of drug-likeness (QED) is 0.826. The number of ether oxygens (including phenoxy) is 1. The normalized spacial score (nSPS) is 24.3. The number of nitrogens with one attached hydrogen (secondary N) is 1. The van der Waals surface area contributed by atoms with Crippen molar-refractivity contribution in [2.45, 2.75) is 30.8 Å². The van der Waals surface area contributed by atoms with Gasteiger partial charge in [0.05, 0.1) is 12.5 Å². The average Bonchev–Trinajstić information content (AvgIpc) is 2.88. The minimum absolute atomic E-state index is 0.00858. The number of carbonyl (C=O) groups excluding carboxylic acids is 3. The maximum absolute atomic E-state index is 13.7. The first-order valence-electron chi connectivity index (χ1n) is 8.69. The molecule has 0 radical (unpaired) electrons. The van der Waals surface area contributed by atoms with Gasteiger partial charge in [-0.3, -0.25) is 9.59 Å². The standard InChI is InChI=1S/C18H20FN3O4/c1-21-10-18(26-17(21)25)4-6-22(7-5-18)16(24)13-9-15(23)20-14-3-2-11(19)8-12(13)14/h2-3,8,13H,4-7,9-10H2,1H3,(H,20,23). The van der Waals surface area contributed by atoms with E-state index in [0.717, 1.165) is 0 Å². The molecule has 0 bridgehead atoms. The first-order valence-corrected chi connectivity index (χ1v) is 8.69. The molecule has 1 N–H and O–H groups in total. The van der Waals surface area contributed by atoms with E-state index in [9.17, 15) is 18.8 Å². The number of carbonyl (C=O) groups is 3. The van der Waals surface area contributed by atoms with Crippen LogP contribution >= 0.6 is 0 Å². The SMILES string of the molecule is CN1CC2(CCN(C(=O)C3CC(=O)Nc4ccc(F)cc43)CC2)OC1=O. The molecular weight excluding hydrogens is 341 g/mol. The Hall–Kier alpha value is -2.64. The first kappa shape index (κ1) is 16.8. The fraction of sp³-hybridized carbons (Fsp3) is 0.500. The highest BCUT2D eigenvalue weighted by atomic mass is 19.1. The van der Waals surface area contributed by atoms with Crippen molar-refractivity contribution < 1.29 is 23.5 Å². The number of halogens is 1. The molecule has 3 aliphatic rings. The second-order valence-corrected chi connectivity index (χ2v) is 7.27. The summed E-state index contributed by atoms with van der Waals surface area (Å²) in [6.45, 7) is 1.42. The van der Waals surface area contributed by atoms with E-state index in [-0.39, 0.29) is 24.3 Å². The largest absolute Gasteiger partial charge is 0.441 e. The van der Waals surface area contributed by atoms with E-state index in [2.05, 4.69) is 5.32 Å². The van der Waals surface area contributed by atoms with Crippen LogP contribution in [0, 0.1) is 5.82 Å². The molecule has 2 fully saturated rings. The molecule has 3 aliphatic heterocycles. The van der Waals surface area contributed by atoms with Gasteiger partial charge in [0.25, 0.3) is 0 Å². The maximum Gasteiger partial charge on any atom is 0.410 e. The summed E-state index contributed by atoms with van der Waals surface area (Å²) in [5.74, 6) is -1.55. The number of hydrogen-bond acceptors (Lipinski definition) is 4. The predicted molar refractivity (Wildman–Crippen MR) is 90.0 cm³/mol. The lowest BCUT2D eigenvalue weighted by molar-refractivity contribution is -0.138. The molecule has 1 spiro atoms. The molecule has 7 nitrogen and oxygen atoms in total. The zero-order valence-corrected chi connectivity index (χ0v) is 14.5. The second-order valence-electron chi connectivity index (χ2n) is 7.27. The number of amides is 3. The molecule has 0 saturated carbocycles. The van der Waals surface area contributed by atoms with Gasteiger partial charge in [0.2, 0.25) is 11.8 Å².